The molecule has 27 heavy (non-hydrogen) atoms. The van der Waals surface area contributed by atoms with E-state index in [1.54, 1.807) is 11.8 Å². The highest BCUT2D eigenvalue weighted by Gasteiger charge is 2.26. The van der Waals surface area contributed by atoms with Gasteiger partial charge in [0.1, 0.15) is 5.52 Å². The molecule has 0 bridgehead atoms. The normalized spacial score (nSPS) is 15.2. The van der Waals surface area contributed by atoms with Crippen molar-refractivity contribution >= 4 is 34.8 Å². The third kappa shape index (κ3) is 4.45. The van der Waals surface area contributed by atoms with Gasteiger partial charge in [-0.1, -0.05) is 30.3 Å². The second-order valence-electron chi connectivity index (χ2n) is 6.68. The van der Waals surface area contributed by atoms with Crippen molar-refractivity contribution < 1.29 is 9.21 Å². The summed E-state index contributed by atoms with van der Waals surface area (Å²) in [5.74, 6) is 1.13. The SMILES string of the molecule is O=C(NCCSc1ccccc1)C1CCN(c2nc3ccccc3o2)CC1. The maximum atomic E-state index is 12.4. The fraction of sp³-hybridized carbons (Fsp3) is 0.333. The number of fused-ring (bicyclic) bond motifs is 1. The van der Waals surface area contributed by atoms with E-state index in [2.05, 4.69) is 27.3 Å². The van der Waals surface area contributed by atoms with E-state index in [1.165, 1.54) is 4.90 Å². The topological polar surface area (TPSA) is 58.4 Å². The van der Waals surface area contributed by atoms with Crippen LogP contribution in [0.5, 0.6) is 0 Å². The lowest BCUT2D eigenvalue weighted by molar-refractivity contribution is -0.125. The summed E-state index contributed by atoms with van der Waals surface area (Å²) in [4.78, 5) is 20.3. The van der Waals surface area contributed by atoms with Crippen LogP contribution in [-0.2, 0) is 4.79 Å². The van der Waals surface area contributed by atoms with Crippen molar-refractivity contribution in [3.8, 4) is 0 Å². The molecular formula is C21H23N3O2S. The molecule has 5 nitrogen and oxygen atoms in total. The molecule has 1 aliphatic rings. The van der Waals surface area contributed by atoms with Crippen LogP contribution in [0, 0.1) is 5.92 Å². The first-order valence-electron chi connectivity index (χ1n) is 9.36. The number of carbonyl (C=O) groups is 1. The van der Waals surface area contributed by atoms with Crippen LogP contribution in [0.4, 0.5) is 6.01 Å². The molecule has 0 radical (unpaired) electrons. The van der Waals surface area contributed by atoms with Crippen LogP contribution < -0.4 is 10.2 Å². The van der Waals surface area contributed by atoms with Gasteiger partial charge in [-0.05, 0) is 37.1 Å². The average Bonchev–Trinajstić information content (AvgIpc) is 3.16. The maximum absolute atomic E-state index is 12.4. The van der Waals surface area contributed by atoms with Gasteiger partial charge >= 0.3 is 0 Å². The minimum Gasteiger partial charge on any atom is -0.423 e. The highest BCUT2D eigenvalue weighted by atomic mass is 32.2. The largest absolute Gasteiger partial charge is 0.423 e. The molecule has 1 saturated heterocycles. The number of para-hydroxylation sites is 2. The van der Waals surface area contributed by atoms with E-state index in [4.69, 9.17) is 4.42 Å². The van der Waals surface area contributed by atoms with E-state index in [-0.39, 0.29) is 11.8 Å². The number of carbonyl (C=O) groups excluding carboxylic acids is 1. The lowest BCUT2D eigenvalue weighted by Gasteiger charge is -2.30. The van der Waals surface area contributed by atoms with E-state index < -0.39 is 0 Å². The van der Waals surface area contributed by atoms with Gasteiger partial charge in [-0.25, -0.2) is 0 Å². The average molecular weight is 382 g/mol. The van der Waals surface area contributed by atoms with Gasteiger partial charge < -0.3 is 14.6 Å². The molecule has 0 saturated carbocycles. The second-order valence-corrected chi connectivity index (χ2v) is 7.85. The molecule has 1 fully saturated rings. The molecule has 1 N–H and O–H groups in total. The summed E-state index contributed by atoms with van der Waals surface area (Å²) in [6.45, 7) is 2.29. The Morgan fingerprint density at radius 3 is 2.63 bits per heavy atom. The number of nitrogens with zero attached hydrogens (tertiary/aromatic N) is 2. The number of anilines is 1. The van der Waals surface area contributed by atoms with Crippen LogP contribution in [0.3, 0.4) is 0 Å². The zero-order chi connectivity index (χ0) is 18.5. The summed E-state index contributed by atoms with van der Waals surface area (Å²) in [5, 5.41) is 3.08. The molecule has 3 aromatic rings. The van der Waals surface area contributed by atoms with Gasteiger partial charge in [0.05, 0.1) is 0 Å². The Morgan fingerprint density at radius 1 is 1.11 bits per heavy atom. The van der Waals surface area contributed by atoms with Crippen molar-refractivity contribution in [2.75, 3.05) is 30.3 Å². The fourth-order valence-electron chi connectivity index (χ4n) is 3.33. The Balaban J connectivity index is 1.22. The predicted octanol–water partition coefficient (Wildman–Crippen LogP) is 3.95. The first kappa shape index (κ1) is 17.9. The molecule has 4 rings (SSSR count). The van der Waals surface area contributed by atoms with E-state index in [9.17, 15) is 4.79 Å². The van der Waals surface area contributed by atoms with Crippen molar-refractivity contribution in [1.82, 2.24) is 10.3 Å². The molecule has 0 aliphatic carbocycles. The van der Waals surface area contributed by atoms with E-state index in [0.717, 1.165) is 42.8 Å². The smallest absolute Gasteiger partial charge is 0.298 e. The van der Waals surface area contributed by atoms with Gasteiger partial charge in [-0.15, -0.1) is 11.8 Å². The Kier molecular flexibility index (Phi) is 5.63. The molecule has 0 unspecified atom stereocenters. The number of benzene rings is 2. The molecule has 2 aromatic carbocycles. The predicted molar refractivity (Wildman–Crippen MR) is 109 cm³/mol. The number of hydrogen-bond donors (Lipinski definition) is 1. The van der Waals surface area contributed by atoms with Gasteiger partial charge in [-0.2, -0.15) is 4.98 Å². The fourth-order valence-corrected chi connectivity index (χ4v) is 4.12. The molecular weight excluding hydrogens is 358 g/mol. The van der Waals surface area contributed by atoms with Crippen LogP contribution in [0.15, 0.2) is 63.9 Å². The molecule has 1 amide bonds. The summed E-state index contributed by atoms with van der Waals surface area (Å²) in [5.41, 5.74) is 1.69. The zero-order valence-electron chi connectivity index (χ0n) is 15.1. The number of thioether (sulfide) groups is 1. The second kappa shape index (κ2) is 8.48. The lowest BCUT2D eigenvalue weighted by Crippen LogP contribution is -2.41. The van der Waals surface area contributed by atoms with Crippen molar-refractivity contribution in [1.29, 1.82) is 0 Å². The third-order valence-corrected chi connectivity index (χ3v) is 5.85. The maximum Gasteiger partial charge on any atom is 0.298 e. The van der Waals surface area contributed by atoms with E-state index in [1.807, 2.05) is 42.5 Å². The van der Waals surface area contributed by atoms with Crippen molar-refractivity contribution in [3.05, 3.63) is 54.6 Å². The number of hydrogen-bond acceptors (Lipinski definition) is 5. The van der Waals surface area contributed by atoms with Crippen LogP contribution in [0.2, 0.25) is 0 Å². The van der Waals surface area contributed by atoms with Crippen molar-refractivity contribution in [2.45, 2.75) is 17.7 Å². The van der Waals surface area contributed by atoms with Gasteiger partial charge in [-0.3, -0.25) is 4.79 Å². The standard InChI is InChI=1S/C21H23N3O2S/c25-20(22-12-15-27-17-6-2-1-3-7-17)16-10-13-24(14-11-16)21-23-18-8-4-5-9-19(18)26-21/h1-9,16H,10-15H2,(H,22,25). The highest BCUT2D eigenvalue weighted by molar-refractivity contribution is 7.99. The molecule has 140 valence electrons. The monoisotopic (exact) mass is 381 g/mol. The third-order valence-electron chi connectivity index (χ3n) is 4.83. The summed E-state index contributed by atoms with van der Waals surface area (Å²) in [6, 6.07) is 18.7. The minimum atomic E-state index is 0.0763. The Labute approximate surface area is 163 Å². The quantitative estimate of drug-likeness (QED) is 0.517. The summed E-state index contributed by atoms with van der Waals surface area (Å²) < 4.78 is 5.84. The molecule has 1 aliphatic heterocycles. The minimum absolute atomic E-state index is 0.0763. The number of nitrogens with one attached hydrogen (secondary N) is 1. The molecule has 0 atom stereocenters. The van der Waals surface area contributed by atoms with Gasteiger partial charge in [0.25, 0.3) is 6.01 Å². The van der Waals surface area contributed by atoms with Crippen LogP contribution in [0.25, 0.3) is 11.1 Å². The Morgan fingerprint density at radius 2 is 1.85 bits per heavy atom. The Bertz CT molecular complexity index is 856. The molecule has 2 heterocycles. The van der Waals surface area contributed by atoms with Gasteiger partial charge in [0, 0.05) is 36.2 Å². The number of amides is 1. The number of rotatable bonds is 6. The van der Waals surface area contributed by atoms with Crippen molar-refractivity contribution in [2.24, 2.45) is 5.92 Å². The van der Waals surface area contributed by atoms with Crippen LogP contribution in [0.1, 0.15) is 12.8 Å². The highest BCUT2D eigenvalue weighted by Crippen LogP contribution is 2.26. The van der Waals surface area contributed by atoms with Crippen LogP contribution in [-0.4, -0.2) is 36.3 Å². The van der Waals surface area contributed by atoms with Gasteiger partial charge in [0.2, 0.25) is 5.91 Å². The first-order chi connectivity index (χ1) is 13.3. The summed E-state index contributed by atoms with van der Waals surface area (Å²) in [7, 11) is 0. The van der Waals surface area contributed by atoms with E-state index in [0.29, 0.717) is 12.6 Å². The molecule has 1 aromatic heterocycles. The Hall–Kier alpha value is -2.47. The number of oxazole rings is 1. The summed E-state index contributed by atoms with van der Waals surface area (Å²) >= 11 is 1.77. The number of aromatic nitrogens is 1. The molecule has 6 heteroatoms. The van der Waals surface area contributed by atoms with Gasteiger partial charge in [0.15, 0.2) is 5.58 Å². The van der Waals surface area contributed by atoms with E-state index >= 15 is 0 Å². The zero-order valence-corrected chi connectivity index (χ0v) is 16.0. The lowest BCUT2D eigenvalue weighted by atomic mass is 9.96. The first-order valence-corrected chi connectivity index (χ1v) is 10.3. The van der Waals surface area contributed by atoms with Crippen LogP contribution >= 0.6 is 11.8 Å². The molecule has 0 spiro atoms. The van der Waals surface area contributed by atoms with Crippen molar-refractivity contribution in [3.63, 3.8) is 0 Å². The summed E-state index contributed by atoms with van der Waals surface area (Å²) in [6.07, 6.45) is 1.66. The number of piperidine rings is 1.